The molecule has 13 nitrogen and oxygen atoms in total. The zero-order valence-corrected chi connectivity index (χ0v) is 23.1. The van der Waals surface area contributed by atoms with Crippen LogP contribution < -0.4 is 4.74 Å². The standard InChI is InChI=1S/C27H21ClF2N10O3/c1-13(26-36-34-12-42-26)43-27-23(29)16(6-7-31-27)18-10-32-25(35-18)20-4-2-15-8-14(9-21(41)40(15)20)22-19(39-11-33-37-38-39)5-3-17(28)24(22)30/h3,5-7,9-13,15,20H,2,4,8H2,1H3,(H,32,35)/t13?,15-,20-/m0/s1. The Hall–Kier alpha value is -5.05. The van der Waals surface area contributed by atoms with Crippen molar-refractivity contribution in [3.63, 3.8) is 0 Å². The summed E-state index contributed by atoms with van der Waals surface area (Å²) in [6.07, 6.45) is 7.76. The number of carbonyl (C=O) groups is 1. The van der Waals surface area contributed by atoms with Crippen LogP contribution in [0.1, 0.15) is 55.6 Å². The smallest absolute Gasteiger partial charge is 0.256 e. The van der Waals surface area contributed by atoms with Gasteiger partial charge >= 0.3 is 0 Å². The van der Waals surface area contributed by atoms with Gasteiger partial charge in [-0.1, -0.05) is 11.6 Å². The lowest BCUT2D eigenvalue weighted by atomic mass is 9.92. The quantitative estimate of drug-likeness (QED) is 0.281. The van der Waals surface area contributed by atoms with Crippen LogP contribution in [0.25, 0.3) is 22.5 Å². The zero-order chi connectivity index (χ0) is 29.7. The van der Waals surface area contributed by atoms with E-state index < -0.39 is 17.7 Å². The maximum atomic E-state index is 15.4. The van der Waals surface area contributed by atoms with E-state index in [0.29, 0.717) is 42.0 Å². The Balaban J connectivity index is 1.15. The minimum Gasteiger partial charge on any atom is -0.462 e. The molecule has 4 aromatic heterocycles. The number of aromatic nitrogens is 9. The molecule has 1 aromatic carbocycles. The highest BCUT2D eigenvalue weighted by molar-refractivity contribution is 6.31. The molecule has 1 unspecified atom stereocenters. The van der Waals surface area contributed by atoms with Gasteiger partial charge in [-0.05, 0) is 60.4 Å². The molecule has 2 aliphatic heterocycles. The highest BCUT2D eigenvalue weighted by Gasteiger charge is 2.42. The average molecular weight is 607 g/mol. The molecule has 1 N–H and O–H groups in total. The predicted octanol–water partition coefficient (Wildman–Crippen LogP) is 4.42. The Morgan fingerprint density at radius 3 is 2.84 bits per heavy atom. The van der Waals surface area contributed by atoms with Crippen LogP contribution in [-0.2, 0) is 4.79 Å². The normalized spacial score (nSPS) is 18.9. The van der Waals surface area contributed by atoms with Crippen LogP contribution in [0.2, 0.25) is 5.02 Å². The van der Waals surface area contributed by atoms with Crippen LogP contribution in [0.4, 0.5) is 8.78 Å². The van der Waals surface area contributed by atoms with E-state index in [2.05, 4.69) is 40.7 Å². The largest absolute Gasteiger partial charge is 0.462 e. The summed E-state index contributed by atoms with van der Waals surface area (Å²) < 4.78 is 42.9. The second-order valence-electron chi connectivity index (χ2n) is 10.1. The van der Waals surface area contributed by atoms with Gasteiger partial charge in [-0.15, -0.1) is 15.3 Å². The number of ether oxygens (including phenoxy) is 1. The van der Waals surface area contributed by atoms with Gasteiger partial charge in [0.25, 0.3) is 11.8 Å². The van der Waals surface area contributed by atoms with Crippen molar-refractivity contribution in [1.29, 1.82) is 0 Å². The molecule has 1 fully saturated rings. The molecule has 0 saturated carbocycles. The van der Waals surface area contributed by atoms with Crippen LogP contribution in [-0.4, -0.2) is 62.2 Å². The fourth-order valence-corrected chi connectivity index (χ4v) is 5.80. The first kappa shape index (κ1) is 26.8. The number of hydrogen-bond donors (Lipinski definition) is 1. The van der Waals surface area contributed by atoms with Gasteiger partial charge in [0.1, 0.15) is 12.2 Å². The lowest BCUT2D eigenvalue weighted by molar-refractivity contribution is -0.129. The number of imidazole rings is 1. The monoisotopic (exact) mass is 606 g/mol. The van der Waals surface area contributed by atoms with Gasteiger partial charge in [0, 0.05) is 29.4 Å². The second kappa shape index (κ2) is 10.7. The summed E-state index contributed by atoms with van der Waals surface area (Å²) in [5.74, 6) is -1.20. The molecule has 5 aromatic rings. The SMILES string of the molecule is CC(Oc1nccc(-c2cnc([C@@H]3CC[C@H]4CC(c5c(-n6cnnn6)ccc(Cl)c5F)=CC(=O)N43)[nH]2)c1F)c1nnco1. The Kier molecular flexibility index (Phi) is 6.65. The number of tetrazole rings is 1. The number of pyridine rings is 1. The highest BCUT2D eigenvalue weighted by Crippen LogP contribution is 2.44. The Morgan fingerprint density at radius 2 is 2.05 bits per heavy atom. The van der Waals surface area contributed by atoms with Crippen LogP contribution >= 0.6 is 11.6 Å². The van der Waals surface area contributed by atoms with Gasteiger partial charge in [-0.2, -0.15) is 4.68 Å². The third-order valence-electron chi connectivity index (χ3n) is 7.57. The number of aromatic amines is 1. The summed E-state index contributed by atoms with van der Waals surface area (Å²) in [4.78, 5) is 26.9. The number of H-pyrrole nitrogens is 1. The van der Waals surface area contributed by atoms with E-state index in [9.17, 15) is 4.79 Å². The summed E-state index contributed by atoms with van der Waals surface area (Å²) in [5, 5.41) is 18.5. The predicted molar refractivity (Wildman–Crippen MR) is 144 cm³/mol. The van der Waals surface area contributed by atoms with Gasteiger partial charge in [-0.25, -0.2) is 18.7 Å². The number of halogens is 3. The zero-order valence-electron chi connectivity index (χ0n) is 22.4. The van der Waals surface area contributed by atoms with E-state index in [4.69, 9.17) is 20.8 Å². The van der Waals surface area contributed by atoms with Crippen LogP contribution in [0.15, 0.2) is 53.8 Å². The lowest BCUT2D eigenvalue weighted by Gasteiger charge is -2.33. The average Bonchev–Trinajstić information content (AvgIpc) is 3.82. The summed E-state index contributed by atoms with van der Waals surface area (Å²) in [7, 11) is 0. The van der Waals surface area contributed by atoms with Crippen molar-refractivity contribution in [2.45, 2.75) is 44.4 Å². The fraction of sp³-hybridized carbons (Fsp3) is 0.259. The maximum Gasteiger partial charge on any atom is 0.256 e. The molecule has 43 heavy (non-hydrogen) atoms. The first-order valence-corrected chi connectivity index (χ1v) is 13.6. The van der Waals surface area contributed by atoms with Gasteiger partial charge in [0.15, 0.2) is 17.7 Å². The molecule has 218 valence electrons. The molecule has 0 aliphatic carbocycles. The van der Waals surface area contributed by atoms with Crippen molar-refractivity contribution in [1.82, 2.24) is 50.3 Å². The van der Waals surface area contributed by atoms with Crippen molar-refractivity contribution in [3.05, 3.63) is 83.3 Å². The highest BCUT2D eigenvalue weighted by atomic mass is 35.5. The van der Waals surface area contributed by atoms with E-state index >= 15 is 8.78 Å². The fourth-order valence-electron chi connectivity index (χ4n) is 5.64. The topological polar surface area (TPSA) is 154 Å². The first-order chi connectivity index (χ1) is 20.9. The molecule has 3 atom stereocenters. The molecular weight excluding hydrogens is 586 g/mol. The third-order valence-corrected chi connectivity index (χ3v) is 7.86. The Bertz CT molecular complexity index is 1840. The van der Waals surface area contributed by atoms with Crippen LogP contribution in [0, 0.1) is 11.6 Å². The lowest BCUT2D eigenvalue weighted by Crippen LogP contribution is -2.39. The van der Waals surface area contributed by atoms with Gasteiger partial charge in [-0.3, -0.25) is 4.79 Å². The number of benzene rings is 1. The molecule has 0 radical (unpaired) electrons. The van der Waals surface area contributed by atoms with Crippen molar-refractivity contribution in [2.75, 3.05) is 0 Å². The first-order valence-electron chi connectivity index (χ1n) is 13.3. The molecule has 0 spiro atoms. The summed E-state index contributed by atoms with van der Waals surface area (Å²) in [6.45, 7) is 1.63. The van der Waals surface area contributed by atoms with Crippen LogP contribution in [0.3, 0.4) is 0 Å². The number of fused-ring (bicyclic) bond motifs is 1. The second-order valence-corrected chi connectivity index (χ2v) is 10.5. The van der Waals surface area contributed by atoms with E-state index in [1.165, 1.54) is 41.6 Å². The van der Waals surface area contributed by atoms with E-state index in [0.717, 1.165) is 6.39 Å². The number of hydrogen-bond acceptors (Lipinski definition) is 10. The molecular formula is C27H21ClF2N10O3. The van der Waals surface area contributed by atoms with Gasteiger partial charge in [0.2, 0.25) is 12.3 Å². The molecule has 6 heterocycles. The van der Waals surface area contributed by atoms with Crippen molar-refractivity contribution >= 4 is 23.1 Å². The minimum absolute atomic E-state index is 0.0731. The molecule has 7 rings (SSSR count). The van der Waals surface area contributed by atoms with Gasteiger partial charge in [0.05, 0.1) is 28.6 Å². The molecule has 0 bridgehead atoms. The third kappa shape index (κ3) is 4.70. The number of nitrogens with one attached hydrogen (secondary N) is 1. The van der Waals surface area contributed by atoms with E-state index in [-0.39, 0.29) is 45.9 Å². The number of carbonyl (C=O) groups excluding carboxylic acids is 1. The van der Waals surface area contributed by atoms with E-state index in [1.54, 1.807) is 17.9 Å². The number of amides is 1. The number of nitrogens with zero attached hydrogens (tertiary/aromatic N) is 9. The summed E-state index contributed by atoms with van der Waals surface area (Å²) in [5.41, 5.74) is 1.63. The molecule has 1 saturated heterocycles. The van der Waals surface area contributed by atoms with Gasteiger partial charge < -0.3 is 19.0 Å². The molecule has 1 amide bonds. The van der Waals surface area contributed by atoms with Crippen molar-refractivity contribution < 1.29 is 22.7 Å². The summed E-state index contributed by atoms with van der Waals surface area (Å²) in [6, 6.07) is 3.93. The number of rotatable bonds is 7. The molecule has 2 aliphatic rings. The van der Waals surface area contributed by atoms with E-state index in [1.807, 2.05) is 0 Å². The van der Waals surface area contributed by atoms with Crippen LogP contribution in [0.5, 0.6) is 5.88 Å². The Morgan fingerprint density at radius 1 is 1.16 bits per heavy atom. The minimum atomic E-state index is -0.722. The van der Waals surface area contributed by atoms with Crippen molar-refractivity contribution in [2.24, 2.45) is 0 Å². The maximum absolute atomic E-state index is 15.4. The molecule has 16 heteroatoms. The van der Waals surface area contributed by atoms with Crippen molar-refractivity contribution in [3.8, 4) is 22.8 Å². The Labute approximate surface area is 246 Å². The summed E-state index contributed by atoms with van der Waals surface area (Å²) >= 11 is 6.12.